The second kappa shape index (κ2) is 8.55. The number of ether oxygens (including phenoxy) is 2. The summed E-state index contributed by atoms with van der Waals surface area (Å²) in [5, 5.41) is 17.8. The van der Waals surface area contributed by atoms with E-state index in [1.54, 1.807) is 51.7 Å². The highest BCUT2D eigenvalue weighted by Crippen LogP contribution is 2.42. The Morgan fingerprint density at radius 3 is 2.74 bits per heavy atom. The smallest absolute Gasteiger partial charge is 0.274 e. The molecule has 12 nitrogen and oxygen atoms in total. The molecule has 0 bridgehead atoms. The van der Waals surface area contributed by atoms with Gasteiger partial charge in [0.1, 0.15) is 16.7 Å². The van der Waals surface area contributed by atoms with Gasteiger partial charge in [0, 0.05) is 25.6 Å². The van der Waals surface area contributed by atoms with Crippen LogP contribution in [0, 0.1) is 0 Å². The number of nitrogens with zero attached hydrogens (tertiary/aromatic N) is 7. The molecule has 7 rings (SSSR count). The second-order valence-electron chi connectivity index (χ2n) is 9.85. The van der Waals surface area contributed by atoms with Crippen LogP contribution in [-0.4, -0.2) is 52.0 Å². The van der Waals surface area contributed by atoms with Gasteiger partial charge in [0.2, 0.25) is 5.95 Å². The Morgan fingerprint density at radius 1 is 1.13 bits per heavy atom. The molecule has 2 N–H and O–H groups in total. The van der Waals surface area contributed by atoms with Gasteiger partial charge in [-0.15, -0.1) is 0 Å². The lowest BCUT2D eigenvalue weighted by Crippen LogP contribution is -2.39. The Hall–Kier alpha value is -4.45. The number of hydrogen-bond acceptors (Lipinski definition) is 9. The van der Waals surface area contributed by atoms with Crippen molar-refractivity contribution in [3.63, 3.8) is 0 Å². The molecule has 0 saturated heterocycles. The van der Waals surface area contributed by atoms with Crippen molar-refractivity contribution in [2.24, 2.45) is 7.05 Å². The summed E-state index contributed by atoms with van der Waals surface area (Å²) >= 11 is 0. The standard InChI is InChI=1S/C26H26N8O4/c1-32-22-23(37-2)21(38-20-12-29-34-8-7-27-10-18(20)34)11-28-24(22)31-26(32)30-16-9-15(14-3-4-14)13-33(25(16)36)17-5-6-19(17)35/h7-14,17,19,35H,3-6H2,1-2H3,(H,28,30,31)/t17-,19+/m1/s1. The van der Waals surface area contributed by atoms with Crippen molar-refractivity contribution < 1.29 is 14.6 Å². The Labute approximate surface area is 216 Å². The fourth-order valence-electron chi connectivity index (χ4n) is 5.02. The SMILES string of the molecule is COc1c(Oc2cnn3ccncc23)cnc2nc(Nc3cc(C4CC4)cn([C@@H]4CC[C@@H]4O)c3=O)n(C)c12. The van der Waals surface area contributed by atoms with Crippen LogP contribution in [0.2, 0.25) is 0 Å². The summed E-state index contributed by atoms with van der Waals surface area (Å²) in [6, 6.07) is 1.71. The van der Waals surface area contributed by atoms with Crippen molar-refractivity contribution in [1.29, 1.82) is 0 Å². The fraction of sp³-hybridized carbons (Fsp3) is 0.346. The van der Waals surface area contributed by atoms with Gasteiger partial charge < -0.3 is 29.0 Å². The molecule has 5 heterocycles. The number of aliphatic hydroxyl groups excluding tert-OH is 1. The van der Waals surface area contributed by atoms with E-state index < -0.39 is 6.10 Å². The number of anilines is 2. The fourth-order valence-corrected chi connectivity index (χ4v) is 5.02. The lowest BCUT2D eigenvalue weighted by Gasteiger charge is -2.34. The predicted octanol–water partition coefficient (Wildman–Crippen LogP) is 3.29. The zero-order valence-electron chi connectivity index (χ0n) is 20.9. The molecule has 38 heavy (non-hydrogen) atoms. The van der Waals surface area contributed by atoms with Crippen LogP contribution in [-0.2, 0) is 7.05 Å². The summed E-state index contributed by atoms with van der Waals surface area (Å²) in [4.78, 5) is 26.7. The normalized spacial score (nSPS) is 19.0. The van der Waals surface area contributed by atoms with E-state index in [0.29, 0.717) is 57.9 Å². The molecular formula is C26H26N8O4. The first-order chi connectivity index (χ1) is 18.5. The van der Waals surface area contributed by atoms with Crippen LogP contribution in [0.1, 0.15) is 43.2 Å². The molecule has 5 aromatic heterocycles. The van der Waals surface area contributed by atoms with Crippen LogP contribution >= 0.6 is 0 Å². The third kappa shape index (κ3) is 3.59. The second-order valence-corrected chi connectivity index (χ2v) is 9.85. The summed E-state index contributed by atoms with van der Waals surface area (Å²) in [5.41, 5.74) is 3.07. The number of aliphatic hydroxyl groups is 1. The van der Waals surface area contributed by atoms with E-state index in [9.17, 15) is 9.90 Å². The van der Waals surface area contributed by atoms with Crippen LogP contribution < -0.4 is 20.3 Å². The monoisotopic (exact) mass is 514 g/mol. The highest BCUT2D eigenvalue weighted by molar-refractivity contribution is 5.85. The lowest BCUT2D eigenvalue weighted by molar-refractivity contribution is 0.0299. The lowest BCUT2D eigenvalue weighted by atomic mass is 9.88. The predicted molar refractivity (Wildman–Crippen MR) is 138 cm³/mol. The Balaban J connectivity index is 1.28. The quantitative estimate of drug-likeness (QED) is 0.336. The van der Waals surface area contributed by atoms with Crippen molar-refractivity contribution >= 4 is 28.3 Å². The van der Waals surface area contributed by atoms with Crippen LogP contribution in [0.3, 0.4) is 0 Å². The number of hydrogen-bond donors (Lipinski definition) is 2. The molecule has 0 unspecified atom stereocenters. The van der Waals surface area contributed by atoms with Crippen molar-refractivity contribution in [2.75, 3.05) is 12.4 Å². The molecule has 0 aromatic carbocycles. The molecule has 2 aliphatic rings. The summed E-state index contributed by atoms with van der Waals surface area (Å²) in [6.45, 7) is 0. The summed E-state index contributed by atoms with van der Waals surface area (Å²) in [6.07, 6.45) is 13.3. The molecule has 0 aliphatic heterocycles. The zero-order chi connectivity index (χ0) is 26.0. The van der Waals surface area contributed by atoms with Crippen molar-refractivity contribution in [2.45, 2.75) is 43.7 Å². The van der Waals surface area contributed by atoms with Gasteiger partial charge in [0.15, 0.2) is 22.9 Å². The number of nitrogens with one attached hydrogen (secondary N) is 1. The first-order valence-electron chi connectivity index (χ1n) is 12.6. The van der Waals surface area contributed by atoms with Gasteiger partial charge in [-0.1, -0.05) is 0 Å². The van der Waals surface area contributed by atoms with Crippen molar-refractivity contribution in [1.82, 2.24) is 33.7 Å². The number of rotatable bonds is 7. The summed E-state index contributed by atoms with van der Waals surface area (Å²) < 4.78 is 17.0. The highest BCUT2D eigenvalue weighted by Gasteiger charge is 2.33. The number of aromatic nitrogens is 7. The zero-order valence-corrected chi connectivity index (χ0v) is 20.9. The number of aryl methyl sites for hydroxylation is 1. The van der Waals surface area contributed by atoms with Crippen LogP contribution in [0.15, 0.2) is 48.0 Å². The largest absolute Gasteiger partial charge is 0.491 e. The summed E-state index contributed by atoms with van der Waals surface area (Å²) in [7, 11) is 3.38. The number of pyridine rings is 2. The minimum Gasteiger partial charge on any atom is -0.491 e. The topological polar surface area (TPSA) is 134 Å². The molecule has 194 valence electrons. The van der Waals surface area contributed by atoms with Gasteiger partial charge in [0.25, 0.3) is 5.56 Å². The van der Waals surface area contributed by atoms with E-state index in [0.717, 1.165) is 24.8 Å². The minimum atomic E-state index is -0.499. The first kappa shape index (κ1) is 22.7. The molecule has 2 aliphatic carbocycles. The molecular weight excluding hydrogens is 488 g/mol. The van der Waals surface area contributed by atoms with Gasteiger partial charge in [-0.25, -0.2) is 9.50 Å². The molecule has 0 radical (unpaired) electrons. The third-order valence-corrected chi connectivity index (χ3v) is 7.45. The van der Waals surface area contributed by atoms with Gasteiger partial charge in [0.05, 0.1) is 37.8 Å². The van der Waals surface area contributed by atoms with Gasteiger partial charge >= 0.3 is 0 Å². The molecule has 2 atom stereocenters. The molecule has 12 heteroatoms. The number of imidazole rings is 1. The average Bonchev–Trinajstić information content (AvgIpc) is 3.63. The van der Waals surface area contributed by atoms with E-state index in [1.807, 2.05) is 19.3 Å². The van der Waals surface area contributed by atoms with Gasteiger partial charge in [-0.3, -0.25) is 9.78 Å². The molecule has 0 amide bonds. The van der Waals surface area contributed by atoms with E-state index in [1.165, 1.54) is 0 Å². The first-order valence-corrected chi connectivity index (χ1v) is 12.6. The van der Waals surface area contributed by atoms with Crippen molar-refractivity contribution in [3.8, 4) is 17.2 Å². The maximum atomic E-state index is 13.4. The molecule has 0 spiro atoms. The maximum absolute atomic E-state index is 13.4. The van der Waals surface area contributed by atoms with E-state index in [-0.39, 0.29) is 11.6 Å². The van der Waals surface area contributed by atoms with E-state index >= 15 is 0 Å². The number of fused-ring (bicyclic) bond motifs is 2. The Bertz CT molecular complexity index is 1750. The average molecular weight is 515 g/mol. The van der Waals surface area contributed by atoms with Crippen molar-refractivity contribution in [3.05, 3.63) is 59.2 Å². The van der Waals surface area contributed by atoms with E-state index in [4.69, 9.17) is 9.47 Å². The van der Waals surface area contributed by atoms with Crippen LogP contribution in [0.4, 0.5) is 11.6 Å². The van der Waals surface area contributed by atoms with Crippen LogP contribution in [0.25, 0.3) is 16.7 Å². The van der Waals surface area contributed by atoms with Gasteiger partial charge in [-0.2, -0.15) is 10.1 Å². The van der Waals surface area contributed by atoms with E-state index in [2.05, 4.69) is 25.4 Å². The number of methoxy groups -OCH3 is 1. The molecule has 2 saturated carbocycles. The summed E-state index contributed by atoms with van der Waals surface area (Å²) in [5.74, 6) is 2.23. The minimum absolute atomic E-state index is 0.184. The highest BCUT2D eigenvalue weighted by atomic mass is 16.5. The third-order valence-electron chi connectivity index (χ3n) is 7.45. The van der Waals surface area contributed by atoms with Gasteiger partial charge in [-0.05, 0) is 43.2 Å². The Kier molecular flexibility index (Phi) is 5.11. The Morgan fingerprint density at radius 2 is 2.00 bits per heavy atom. The maximum Gasteiger partial charge on any atom is 0.274 e. The molecule has 5 aromatic rings. The van der Waals surface area contributed by atoms with Crippen LogP contribution in [0.5, 0.6) is 17.2 Å². The molecule has 2 fully saturated rings.